The molecule has 1 N–H and O–H groups in total. The lowest BCUT2D eigenvalue weighted by Gasteiger charge is -2.21. The zero-order chi connectivity index (χ0) is 21.6. The average Bonchev–Trinajstić information content (AvgIpc) is 2.65. The number of benzene rings is 2. The van der Waals surface area contributed by atoms with Crippen LogP contribution in [0.15, 0.2) is 48.5 Å². The predicted molar refractivity (Wildman–Crippen MR) is 112 cm³/mol. The summed E-state index contributed by atoms with van der Waals surface area (Å²) >= 11 is 5.88. The maximum Gasteiger partial charge on any atom is 0.416 e. The first-order valence-electron chi connectivity index (χ1n) is 8.88. The lowest BCUT2D eigenvalue weighted by molar-refractivity contribution is -0.137. The summed E-state index contributed by atoms with van der Waals surface area (Å²) in [6.07, 6.45) is -1.86. The van der Waals surface area contributed by atoms with E-state index in [-0.39, 0.29) is 5.02 Å². The van der Waals surface area contributed by atoms with Gasteiger partial charge in [-0.05, 0) is 62.1 Å². The molecule has 0 aliphatic carbocycles. The molecule has 0 atom stereocenters. The van der Waals surface area contributed by atoms with Gasteiger partial charge in [0.25, 0.3) is 0 Å². The number of anilines is 2. The van der Waals surface area contributed by atoms with Crippen LogP contribution in [-0.2, 0) is 11.0 Å². The summed E-state index contributed by atoms with van der Waals surface area (Å²) < 4.78 is 38.0. The number of alkyl halides is 3. The van der Waals surface area contributed by atoms with E-state index in [1.807, 2.05) is 33.3 Å². The largest absolute Gasteiger partial charge is 0.416 e. The quantitative estimate of drug-likeness (QED) is 0.633. The van der Waals surface area contributed by atoms with Crippen LogP contribution >= 0.6 is 11.6 Å². The molecule has 0 heterocycles. The first-order chi connectivity index (χ1) is 13.6. The van der Waals surface area contributed by atoms with Crippen LogP contribution in [0.3, 0.4) is 0 Å². The van der Waals surface area contributed by atoms with Crippen molar-refractivity contribution in [2.45, 2.75) is 6.18 Å². The number of rotatable bonds is 7. The van der Waals surface area contributed by atoms with E-state index in [0.29, 0.717) is 11.3 Å². The Hall–Kier alpha value is -2.51. The van der Waals surface area contributed by atoms with Gasteiger partial charge in [-0.15, -0.1) is 0 Å². The number of nitrogens with one attached hydrogen (secondary N) is 1. The maximum absolute atomic E-state index is 12.7. The Morgan fingerprint density at radius 3 is 2.28 bits per heavy atom. The Morgan fingerprint density at radius 1 is 1.07 bits per heavy atom. The summed E-state index contributed by atoms with van der Waals surface area (Å²) in [5.74, 6) is -0.408. The van der Waals surface area contributed by atoms with Gasteiger partial charge in [0.15, 0.2) is 0 Å². The van der Waals surface area contributed by atoms with Crippen molar-refractivity contribution >= 4 is 35.0 Å². The number of carbonyl (C=O) groups excluding carboxylic acids is 1. The van der Waals surface area contributed by atoms with Crippen molar-refractivity contribution in [2.75, 3.05) is 44.4 Å². The van der Waals surface area contributed by atoms with Crippen molar-refractivity contribution in [3.05, 3.63) is 64.7 Å². The molecule has 0 fully saturated rings. The molecular formula is C21H23ClF3N3O. The molecule has 0 unspecified atom stereocenters. The molecule has 1 amide bonds. The topological polar surface area (TPSA) is 35.6 Å². The molecule has 0 aliphatic heterocycles. The highest BCUT2D eigenvalue weighted by Gasteiger charge is 2.30. The second kappa shape index (κ2) is 9.80. The van der Waals surface area contributed by atoms with Crippen molar-refractivity contribution in [1.29, 1.82) is 0 Å². The van der Waals surface area contributed by atoms with Crippen LogP contribution in [0.4, 0.5) is 24.5 Å². The fraction of sp³-hybridized carbons (Fsp3) is 0.286. The van der Waals surface area contributed by atoms with E-state index in [9.17, 15) is 18.0 Å². The van der Waals surface area contributed by atoms with Crippen LogP contribution in [0.1, 0.15) is 11.1 Å². The Labute approximate surface area is 173 Å². The SMILES string of the molecule is CN(C)CCN(C)c1ccc(NC(=O)C=Cc2ccc(C(F)(F)F)cc2Cl)cc1. The van der Waals surface area contributed by atoms with Crippen LogP contribution in [0.2, 0.25) is 5.02 Å². The number of halogens is 4. The molecule has 0 spiro atoms. The molecule has 0 saturated carbocycles. The molecule has 156 valence electrons. The van der Waals surface area contributed by atoms with Crippen molar-refractivity contribution in [1.82, 2.24) is 4.90 Å². The molecule has 0 radical (unpaired) electrons. The average molecular weight is 426 g/mol. The zero-order valence-corrected chi connectivity index (χ0v) is 17.2. The fourth-order valence-electron chi connectivity index (χ4n) is 2.47. The third-order valence-electron chi connectivity index (χ3n) is 4.20. The van der Waals surface area contributed by atoms with Crippen molar-refractivity contribution < 1.29 is 18.0 Å². The number of nitrogens with zero attached hydrogens (tertiary/aromatic N) is 2. The van der Waals surface area contributed by atoms with Gasteiger partial charge in [0.2, 0.25) is 5.91 Å². The first kappa shape index (κ1) is 22.8. The van der Waals surface area contributed by atoms with Gasteiger partial charge < -0.3 is 15.1 Å². The second-order valence-corrected chi connectivity index (χ2v) is 7.24. The number of hydrogen-bond donors (Lipinski definition) is 1. The van der Waals surface area contributed by atoms with E-state index < -0.39 is 17.6 Å². The van der Waals surface area contributed by atoms with Crippen LogP contribution in [0, 0.1) is 0 Å². The molecule has 8 heteroatoms. The van der Waals surface area contributed by atoms with E-state index in [4.69, 9.17) is 11.6 Å². The molecule has 2 rings (SSSR count). The minimum Gasteiger partial charge on any atom is -0.373 e. The first-order valence-corrected chi connectivity index (χ1v) is 9.26. The lowest BCUT2D eigenvalue weighted by atomic mass is 10.1. The number of carbonyl (C=O) groups is 1. The van der Waals surface area contributed by atoms with Gasteiger partial charge in [-0.2, -0.15) is 13.2 Å². The highest BCUT2D eigenvalue weighted by molar-refractivity contribution is 6.32. The molecule has 0 aromatic heterocycles. The van der Waals surface area contributed by atoms with Gasteiger partial charge in [-0.3, -0.25) is 4.79 Å². The number of hydrogen-bond acceptors (Lipinski definition) is 3. The fourth-order valence-corrected chi connectivity index (χ4v) is 2.71. The Bertz CT molecular complexity index is 864. The van der Waals surface area contributed by atoms with Crippen LogP contribution < -0.4 is 10.2 Å². The predicted octanol–water partition coefficient (Wildman–Crippen LogP) is 5.01. The van der Waals surface area contributed by atoms with Crippen molar-refractivity contribution in [2.24, 2.45) is 0 Å². The molecule has 4 nitrogen and oxygen atoms in total. The van der Waals surface area contributed by atoms with Gasteiger partial charge in [0.05, 0.1) is 5.56 Å². The summed E-state index contributed by atoms with van der Waals surface area (Å²) in [6, 6.07) is 10.4. The van der Waals surface area contributed by atoms with Gasteiger partial charge in [0, 0.05) is 42.6 Å². The molecule has 0 aliphatic rings. The Kier molecular flexibility index (Phi) is 7.70. The van der Waals surface area contributed by atoms with Crippen LogP contribution in [0.25, 0.3) is 6.08 Å². The van der Waals surface area contributed by atoms with Gasteiger partial charge >= 0.3 is 6.18 Å². The standard InChI is InChI=1S/C21H23ClF3N3O/c1-27(2)12-13-28(3)18-9-7-17(8-10-18)26-20(29)11-5-15-4-6-16(14-19(15)22)21(23,24)25/h4-11,14H,12-13H2,1-3H3,(H,26,29). The summed E-state index contributed by atoms with van der Waals surface area (Å²) in [5, 5.41) is 2.63. The monoisotopic (exact) mass is 425 g/mol. The van der Waals surface area contributed by atoms with Gasteiger partial charge in [0.1, 0.15) is 0 Å². The summed E-state index contributed by atoms with van der Waals surface area (Å²) in [5.41, 5.74) is 1.13. The lowest BCUT2D eigenvalue weighted by Crippen LogP contribution is -2.28. The zero-order valence-electron chi connectivity index (χ0n) is 16.4. The van der Waals surface area contributed by atoms with E-state index in [0.717, 1.165) is 30.9 Å². The number of likely N-dealkylation sites (N-methyl/N-ethyl adjacent to an activating group) is 2. The number of amides is 1. The third kappa shape index (κ3) is 7.11. The summed E-state index contributed by atoms with van der Waals surface area (Å²) in [6.45, 7) is 1.79. The molecular weight excluding hydrogens is 403 g/mol. The second-order valence-electron chi connectivity index (χ2n) is 6.83. The Morgan fingerprint density at radius 2 is 1.72 bits per heavy atom. The van der Waals surface area contributed by atoms with Crippen LogP contribution in [0.5, 0.6) is 0 Å². The molecule has 2 aromatic rings. The molecule has 2 aromatic carbocycles. The van der Waals surface area contributed by atoms with E-state index in [2.05, 4.69) is 15.1 Å². The minimum atomic E-state index is -4.46. The molecule has 29 heavy (non-hydrogen) atoms. The van der Waals surface area contributed by atoms with Crippen molar-refractivity contribution in [3.63, 3.8) is 0 Å². The van der Waals surface area contributed by atoms with Crippen LogP contribution in [-0.4, -0.2) is 45.0 Å². The van der Waals surface area contributed by atoms with E-state index in [1.54, 1.807) is 12.1 Å². The molecule has 0 saturated heterocycles. The summed E-state index contributed by atoms with van der Waals surface area (Å²) in [4.78, 5) is 16.3. The maximum atomic E-state index is 12.7. The van der Waals surface area contributed by atoms with Crippen molar-refractivity contribution in [3.8, 4) is 0 Å². The molecule has 0 bridgehead atoms. The Balaban J connectivity index is 1.97. The van der Waals surface area contributed by atoms with E-state index in [1.165, 1.54) is 18.2 Å². The van der Waals surface area contributed by atoms with Gasteiger partial charge in [-0.1, -0.05) is 17.7 Å². The highest BCUT2D eigenvalue weighted by Crippen LogP contribution is 2.32. The smallest absolute Gasteiger partial charge is 0.373 e. The highest BCUT2D eigenvalue weighted by atomic mass is 35.5. The van der Waals surface area contributed by atoms with E-state index >= 15 is 0 Å². The minimum absolute atomic E-state index is 0.0750. The third-order valence-corrected chi connectivity index (χ3v) is 4.53. The van der Waals surface area contributed by atoms with Gasteiger partial charge in [-0.25, -0.2) is 0 Å². The summed E-state index contributed by atoms with van der Waals surface area (Å²) in [7, 11) is 6.02. The normalized spacial score (nSPS) is 11.9.